The van der Waals surface area contributed by atoms with Crippen molar-refractivity contribution >= 4 is 21.6 Å². The molecule has 0 radical (unpaired) electrons. The summed E-state index contributed by atoms with van der Waals surface area (Å²) in [5, 5.41) is 0. The van der Waals surface area contributed by atoms with Crippen LogP contribution >= 0.6 is 0 Å². The Labute approximate surface area is 125 Å². The Hall–Kier alpha value is -1.60. The van der Waals surface area contributed by atoms with Gasteiger partial charge in [-0.1, -0.05) is 0 Å². The topological polar surface area (TPSA) is 75.7 Å². The van der Waals surface area contributed by atoms with Crippen molar-refractivity contribution < 1.29 is 17.9 Å². The summed E-state index contributed by atoms with van der Waals surface area (Å²) in [6.07, 6.45) is -0.127. The van der Waals surface area contributed by atoms with Crippen LogP contribution in [-0.2, 0) is 14.8 Å². The zero-order valence-electron chi connectivity index (χ0n) is 12.6. The van der Waals surface area contributed by atoms with Gasteiger partial charge in [0.25, 0.3) is 0 Å². The highest BCUT2D eigenvalue weighted by molar-refractivity contribution is 7.89. The van der Waals surface area contributed by atoms with Crippen molar-refractivity contribution in [2.75, 3.05) is 11.4 Å². The molecule has 116 valence electrons. The van der Waals surface area contributed by atoms with E-state index in [0.29, 0.717) is 18.0 Å². The molecule has 0 saturated heterocycles. The molecule has 6 nitrogen and oxygen atoms in total. The number of fused-ring (bicyclic) bond motifs is 1. The predicted octanol–water partition coefficient (Wildman–Crippen LogP) is 1.51. The number of hydrogen-bond acceptors (Lipinski definition) is 4. The molecule has 1 amide bonds. The van der Waals surface area contributed by atoms with E-state index in [9.17, 15) is 13.2 Å². The van der Waals surface area contributed by atoms with E-state index in [0.717, 1.165) is 0 Å². The highest BCUT2D eigenvalue weighted by atomic mass is 32.2. The fourth-order valence-corrected chi connectivity index (χ4v) is 3.53. The molecule has 1 atom stereocenters. The third kappa shape index (κ3) is 3.36. The lowest BCUT2D eigenvalue weighted by Crippen LogP contribution is -2.41. The molecule has 1 aromatic rings. The van der Waals surface area contributed by atoms with Crippen LogP contribution in [-0.4, -0.2) is 33.0 Å². The van der Waals surface area contributed by atoms with E-state index >= 15 is 0 Å². The summed E-state index contributed by atoms with van der Waals surface area (Å²) in [6, 6.07) is 4.36. The fourth-order valence-electron chi connectivity index (χ4n) is 2.26. The van der Waals surface area contributed by atoms with Gasteiger partial charge >= 0.3 is 0 Å². The van der Waals surface area contributed by atoms with Crippen LogP contribution in [0.15, 0.2) is 23.1 Å². The molecule has 0 saturated carbocycles. The average Bonchev–Trinajstić information content (AvgIpc) is 2.35. The Kier molecular flexibility index (Phi) is 4.25. The van der Waals surface area contributed by atoms with Crippen LogP contribution in [0, 0.1) is 0 Å². The zero-order chi connectivity index (χ0) is 15.8. The lowest BCUT2D eigenvalue weighted by atomic mass is 10.2. The number of amides is 1. The third-order valence-electron chi connectivity index (χ3n) is 3.07. The lowest BCUT2D eigenvalue weighted by Gasteiger charge is -2.33. The summed E-state index contributed by atoms with van der Waals surface area (Å²) in [5.74, 6) is 0.380. The number of nitrogens with one attached hydrogen (secondary N) is 1. The van der Waals surface area contributed by atoms with E-state index in [1.807, 2.05) is 6.92 Å². The number of ether oxygens (including phenoxy) is 1. The summed E-state index contributed by atoms with van der Waals surface area (Å²) < 4.78 is 32.6. The first-order valence-corrected chi connectivity index (χ1v) is 8.30. The summed E-state index contributed by atoms with van der Waals surface area (Å²) in [6.45, 7) is 7.23. The minimum Gasteiger partial charge on any atom is -0.487 e. The fraction of sp³-hybridized carbons (Fsp3) is 0.500. The molecule has 21 heavy (non-hydrogen) atoms. The zero-order valence-corrected chi connectivity index (χ0v) is 13.4. The Bertz CT molecular complexity index is 655. The maximum atomic E-state index is 12.2. The van der Waals surface area contributed by atoms with Crippen LogP contribution in [0.5, 0.6) is 5.75 Å². The molecule has 1 aliphatic rings. The summed E-state index contributed by atoms with van der Waals surface area (Å²) in [4.78, 5) is 13.4. The summed E-state index contributed by atoms with van der Waals surface area (Å²) >= 11 is 0. The molecule has 0 bridgehead atoms. The molecular weight excluding hydrogens is 292 g/mol. The molecule has 1 N–H and O–H groups in total. The van der Waals surface area contributed by atoms with Crippen molar-refractivity contribution in [2.24, 2.45) is 0 Å². The molecule has 1 unspecified atom stereocenters. The van der Waals surface area contributed by atoms with Gasteiger partial charge in [0.1, 0.15) is 11.9 Å². The number of rotatable bonds is 3. The number of hydrogen-bond donors (Lipinski definition) is 1. The molecule has 1 heterocycles. The third-order valence-corrected chi connectivity index (χ3v) is 4.73. The quantitative estimate of drug-likeness (QED) is 0.918. The number of anilines is 1. The van der Waals surface area contributed by atoms with E-state index in [1.165, 1.54) is 24.0 Å². The molecular formula is C14H20N2O4S. The predicted molar refractivity (Wildman–Crippen MR) is 80.0 cm³/mol. The number of benzene rings is 1. The van der Waals surface area contributed by atoms with Crippen molar-refractivity contribution in [1.29, 1.82) is 0 Å². The monoisotopic (exact) mass is 312 g/mol. The van der Waals surface area contributed by atoms with E-state index in [2.05, 4.69) is 4.72 Å². The smallest absolute Gasteiger partial charge is 0.240 e. The van der Waals surface area contributed by atoms with Gasteiger partial charge in [-0.2, -0.15) is 0 Å². The molecule has 0 spiro atoms. The molecule has 1 aliphatic heterocycles. The lowest BCUT2D eigenvalue weighted by molar-refractivity contribution is -0.117. The van der Waals surface area contributed by atoms with Gasteiger partial charge in [0.2, 0.25) is 15.9 Å². The summed E-state index contributed by atoms with van der Waals surface area (Å²) in [7, 11) is -3.60. The maximum absolute atomic E-state index is 12.2. The number of carbonyl (C=O) groups excluding carboxylic acids is 1. The van der Waals surface area contributed by atoms with Crippen molar-refractivity contribution in [2.45, 2.75) is 44.7 Å². The number of nitrogens with zero attached hydrogens (tertiary/aromatic N) is 1. The molecule has 0 aliphatic carbocycles. The van der Waals surface area contributed by atoms with Crippen molar-refractivity contribution in [3.63, 3.8) is 0 Å². The highest BCUT2D eigenvalue weighted by Gasteiger charge is 2.27. The first-order valence-electron chi connectivity index (χ1n) is 6.82. The highest BCUT2D eigenvalue weighted by Crippen LogP contribution is 2.35. The second-order valence-electron chi connectivity index (χ2n) is 5.46. The number of carbonyl (C=O) groups is 1. The largest absolute Gasteiger partial charge is 0.487 e. The molecule has 1 aromatic carbocycles. The van der Waals surface area contributed by atoms with E-state index < -0.39 is 10.0 Å². The van der Waals surface area contributed by atoms with Crippen LogP contribution in [0.1, 0.15) is 27.7 Å². The Morgan fingerprint density at radius 2 is 2.10 bits per heavy atom. The van der Waals surface area contributed by atoms with E-state index in [1.54, 1.807) is 19.9 Å². The first kappa shape index (κ1) is 15.8. The van der Waals surface area contributed by atoms with Gasteiger partial charge in [0.05, 0.1) is 17.1 Å². The van der Waals surface area contributed by atoms with E-state index in [4.69, 9.17) is 4.74 Å². The molecule has 7 heteroatoms. The first-order chi connectivity index (χ1) is 9.70. The minimum atomic E-state index is -3.60. The van der Waals surface area contributed by atoms with Crippen LogP contribution in [0.2, 0.25) is 0 Å². The number of sulfonamides is 1. The van der Waals surface area contributed by atoms with E-state index in [-0.39, 0.29) is 22.9 Å². The normalized spacial score (nSPS) is 18.3. The molecule has 2 rings (SSSR count). The average molecular weight is 312 g/mol. The van der Waals surface area contributed by atoms with Gasteiger partial charge in [-0.25, -0.2) is 13.1 Å². The van der Waals surface area contributed by atoms with Crippen LogP contribution in [0.4, 0.5) is 5.69 Å². The SMILES string of the molecule is CC(=O)N1CC(C)Oc2ccc(S(=O)(=O)NC(C)C)cc21. The standard InChI is InChI=1S/C14H20N2O4S/c1-9(2)15-21(18,19)12-5-6-14-13(7-12)16(11(4)17)8-10(3)20-14/h5-7,9-10,15H,8H2,1-4H3. The van der Waals surface area contributed by atoms with Crippen LogP contribution in [0.25, 0.3) is 0 Å². The van der Waals surface area contributed by atoms with Gasteiger partial charge in [-0.3, -0.25) is 4.79 Å². The van der Waals surface area contributed by atoms with Crippen LogP contribution < -0.4 is 14.4 Å². The van der Waals surface area contributed by atoms with Gasteiger partial charge in [-0.05, 0) is 39.0 Å². The van der Waals surface area contributed by atoms with Gasteiger partial charge in [0, 0.05) is 13.0 Å². The Morgan fingerprint density at radius 3 is 2.67 bits per heavy atom. The Balaban J connectivity index is 2.47. The van der Waals surface area contributed by atoms with Gasteiger partial charge in [-0.15, -0.1) is 0 Å². The van der Waals surface area contributed by atoms with Crippen molar-refractivity contribution in [3.8, 4) is 5.75 Å². The van der Waals surface area contributed by atoms with Crippen LogP contribution in [0.3, 0.4) is 0 Å². The minimum absolute atomic E-state index is 0.124. The van der Waals surface area contributed by atoms with Gasteiger partial charge < -0.3 is 9.64 Å². The Morgan fingerprint density at radius 1 is 1.43 bits per heavy atom. The van der Waals surface area contributed by atoms with Crippen molar-refractivity contribution in [3.05, 3.63) is 18.2 Å². The second-order valence-corrected chi connectivity index (χ2v) is 7.18. The molecule has 0 fully saturated rings. The summed E-state index contributed by atoms with van der Waals surface area (Å²) in [5.41, 5.74) is 0.493. The van der Waals surface area contributed by atoms with Gasteiger partial charge in [0.15, 0.2) is 0 Å². The molecule has 0 aromatic heterocycles. The van der Waals surface area contributed by atoms with Crippen molar-refractivity contribution in [1.82, 2.24) is 4.72 Å². The maximum Gasteiger partial charge on any atom is 0.240 e. The second kappa shape index (κ2) is 5.65.